The zero-order valence-corrected chi connectivity index (χ0v) is 31.7. The lowest BCUT2D eigenvalue weighted by Gasteiger charge is -2.34. The number of amides is 5. The predicted octanol–water partition coefficient (Wildman–Crippen LogP) is 4.89. The molecule has 0 saturated carbocycles. The molecule has 7 rings (SSSR count). The van der Waals surface area contributed by atoms with E-state index >= 15 is 0 Å². The van der Waals surface area contributed by atoms with E-state index in [1.165, 1.54) is 6.07 Å². The van der Waals surface area contributed by atoms with Gasteiger partial charge in [0.25, 0.3) is 11.8 Å². The summed E-state index contributed by atoms with van der Waals surface area (Å²) in [6.45, 7) is 6.11. The van der Waals surface area contributed by atoms with Crippen LogP contribution < -0.4 is 15.4 Å². The Bertz CT molecular complexity index is 2190. The molecule has 294 valence electrons. The minimum absolute atomic E-state index is 0.0176. The Morgan fingerprint density at radius 1 is 0.807 bits per heavy atom. The number of piperidine rings is 1. The van der Waals surface area contributed by atoms with Crippen molar-refractivity contribution in [2.45, 2.75) is 38.6 Å². The van der Waals surface area contributed by atoms with Gasteiger partial charge in [-0.25, -0.2) is 0 Å². The third kappa shape index (κ3) is 8.53. The summed E-state index contributed by atoms with van der Waals surface area (Å²) in [5.41, 5.74) is 5.88. The maximum Gasteiger partial charge on any atom is 0.264 e. The van der Waals surface area contributed by atoms with Gasteiger partial charge in [-0.1, -0.05) is 49.4 Å². The first-order valence-electron chi connectivity index (χ1n) is 19.2. The van der Waals surface area contributed by atoms with Gasteiger partial charge in [0, 0.05) is 57.8 Å². The normalized spacial score (nSPS) is 17.6. The summed E-state index contributed by atoms with van der Waals surface area (Å²) in [6, 6.07) is 26.1. The van der Waals surface area contributed by atoms with Crippen LogP contribution in [0.3, 0.4) is 0 Å². The molecule has 4 aromatic carbocycles. The average Bonchev–Trinajstić information content (AvgIpc) is 3.47. The number of imide groups is 2. The van der Waals surface area contributed by atoms with Crippen molar-refractivity contribution in [1.29, 1.82) is 0 Å². The number of ether oxygens (including phenoxy) is 1. The summed E-state index contributed by atoms with van der Waals surface area (Å²) in [5, 5.41) is 25.2. The largest absolute Gasteiger partial charge is 0.508 e. The van der Waals surface area contributed by atoms with Crippen LogP contribution in [0, 0.1) is 0 Å². The number of benzene rings is 4. The molecule has 0 radical (unpaired) electrons. The zero-order chi connectivity index (χ0) is 40.1. The van der Waals surface area contributed by atoms with Crippen LogP contribution in [-0.4, -0.2) is 106 Å². The third-order valence-corrected chi connectivity index (χ3v) is 10.7. The van der Waals surface area contributed by atoms with Gasteiger partial charge in [-0.15, -0.1) is 0 Å². The number of allylic oxidation sites excluding steroid dienone is 1. The number of nitrogens with zero attached hydrogens (tertiary/aromatic N) is 3. The summed E-state index contributed by atoms with van der Waals surface area (Å²) in [4.78, 5) is 68.7. The second-order valence-electron chi connectivity index (χ2n) is 14.2. The van der Waals surface area contributed by atoms with Crippen molar-refractivity contribution < 1.29 is 38.9 Å². The Morgan fingerprint density at radius 2 is 1.44 bits per heavy atom. The number of fused-ring (bicyclic) bond motifs is 1. The molecule has 5 amide bonds. The van der Waals surface area contributed by atoms with E-state index in [0.717, 1.165) is 44.9 Å². The number of phenols is 2. The molecule has 3 aliphatic rings. The van der Waals surface area contributed by atoms with Gasteiger partial charge in [0.2, 0.25) is 17.7 Å². The number of carbonyl (C=O) groups is 5. The Labute approximate surface area is 330 Å². The molecule has 13 nitrogen and oxygen atoms in total. The van der Waals surface area contributed by atoms with Crippen molar-refractivity contribution in [3.05, 3.63) is 119 Å². The first kappa shape index (κ1) is 38.8. The highest BCUT2D eigenvalue weighted by molar-refractivity contribution is 6.25. The lowest BCUT2D eigenvalue weighted by Crippen LogP contribution is -2.54. The van der Waals surface area contributed by atoms with Crippen molar-refractivity contribution in [3.63, 3.8) is 0 Å². The molecule has 1 unspecified atom stereocenters. The smallest absolute Gasteiger partial charge is 0.264 e. The van der Waals surface area contributed by atoms with Gasteiger partial charge in [0.1, 0.15) is 29.9 Å². The van der Waals surface area contributed by atoms with E-state index in [2.05, 4.69) is 22.5 Å². The number of piperazine rings is 1. The molecule has 0 spiro atoms. The average molecular weight is 772 g/mol. The molecule has 57 heavy (non-hydrogen) atoms. The summed E-state index contributed by atoms with van der Waals surface area (Å²) in [5.74, 6) is -1.14. The molecule has 3 aliphatic heterocycles. The van der Waals surface area contributed by atoms with E-state index < -0.39 is 29.7 Å². The first-order chi connectivity index (χ1) is 27.6. The number of hydrogen-bond acceptors (Lipinski definition) is 10. The second kappa shape index (κ2) is 17.1. The molecule has 0 aliphatic carbocycles. The third-order valence-electron chi connectivity index (χ3n) is 10.7. The van der Waals surface area contributed by atoms with Crippen LogP contribution in [0.1, 0.15) is 70.0 Å². The van der Waals surface area contributed by atoms with Gasteiger partial charge in [0.15, 0.2) is 0 Å². The van der Waals surface area contributed by atoms with E-state index in [0.29, 0.717) is 45.0 Å². The van der Waals surface area contributed by atoms with Crippen LogP contribution in [0.5, 0.6) is 17.2 Å². The quantitative estimate of drug-likeness (QED) is 0.109. The zero-order valence-electron chi connectivity index (χ0n) is 31.7. The van der Waals surface area contributed by atoms with Crippen LogP contribution in [-0.2, 0) is 14.4 Å². The van der Waals surface area contributed by atoms with Crippen molar-refractivity contribution in [2.75, 3.05) is 51.2 Å². The Hall–Kier alpha value is -6.47. The summed E-state index contributed by atoms with van der Waals surface area (Å²) in [6.07, 6.45) is 1.07. The Balaban J connectivity index is 0.884. The second-order valence-corrected chi connectivity index (χ2v) is 14.2. The summed E-state index contributed by atoms with van der Waals surface area (Å²) >= 11 is 0. The summed E-state index contributed by atoms with van der Waals surface area (Å²) in [7, 11) is 0. The minimum Gasteiger partial charge on any atom is -0.508 e. The highest BCUT2D eigenvalue weighted by Crippen LogP contribution is 2.36. The topological polar surface area (TPSA) is 169 Å². The molecule has 0 aromatic heterocycles. The van der Waals surface area contributed by atoms with Crippen molar-refractivity contribution in [3.8, 4) is 17.2 Å². The van der Waals surface area contributed by atoms with Gasteiger partial charge in [-0.05, 0) is 89.2 Å². The fourth-order valence-corrected chi connectivity index (χ4v) is 7.69. The molecule has 0 bridgehead atoms. The van der Waals surface area contributed by atoms with E-state index in [9.17, 15) is 34.2 Å². The van der Waals surface area contributed by atoms with E-state index in [4.69, 9.17) is 4.74 Å². The van der Waals surface area contributed by atoms with Crippen molar-refractivity contribution in [2.24, 2.45) is 0 Å². The van der Waals surface area contributed by atoms with Crippen LogP contribution in [0.4, 0.5) is 5.69 Å². The van der Waals surface area contributed by atoms with Crippen LogP contribution in [0.2, 0.25) is 0 Å². The van der Waals surface area contributed by atoms with E-state index in [1.807, 2.05) is 53.4 Å². The van der Waals surface area contributed by atoms with Crippen molar-refractivity contribution in [1.82, 2.24) is 20.0 Å². The highest BCUT2D eigenvalue weighted by Gasteiger charge is 2.45. The maximum absolute atomic E-state index is 13.4. The molecular weight excluding hydrogens is 727 g/mol. The van der Waals surface area contributed by atoms with E-state index in [1.54, 1.807) is 36.4 Å². The standard InChI is InChI=1S/C44H45N5O8/c1-2-34(28-6-12-31(50)13-7-28)40(29-8-14-32(51)15-9-29)30-10-16-33(17-11-30)57-27-26-47-22-24-48(25-23-47)39(53)20-21-45-36-5-3-4-35-41(36)44(56)49(43(35)55)37-18-19-38(52)46-42(37)54/h3-17,37,45,50-51H,2,18-27H2,1H3,(H,46,52,54). The van der Waals surface area contributed by atoms with Crippen molar-refractivity contribution >= 4 is 46.4 Å². The molecule has 2 fully saturated rings. The van der Waals surface area contributed by atoms with Crippen LogP contribution in [0.15, 0.2) is 91.0 Å². The van der Waals surface area contributed by atoms with Gasteiger partial charge < -0.3 is 25.2 Å². The summed E-state index contributed by atoms with van der Waals surface area (Å²) < 4.78 is 6.13. The first-order valence-corrected chi connectivity index (χ1v) is 19.2. The predicted molar refractivity (Wildman–Crippen MR) is 214 cm³/mol. The van der Waals surface area contributed by atoms with Gasteiger partial charge in [0.05, 0.1) is 11.1 Å². The molecule has 1 atom stereocenters. The molecule has 13 heteroatoms. The SMILES string of the molecule is CCC(=C(c1ccc(O)cc1)c1ccc(OCCN2CCN(C(=O)CCNc3cccc4c3C(=O)N(C3CCC(=O)NC3=O)C4=O)CC2)cc1)c1ccc(O)cc1. The Morgan fingerprint density at radius 3 is 2.07 bits per heavy atom. The molecule has 4 aromatic rings. The highest BCUT2D eigenvalue weighted by atomic mass is 16.5. The molecule has 3 heterocycles. The number of nitrogens with one attached hydrogen (secondary N) is 2. The Kier molecular flexibility index (Phi) is 11.7. The van der Waals surface area contributed by atoms with Crippen LogP contribution >= 0.6 is 0 Å². The molecule has 4 N–H and O–H groups in total. The fourth-order valence-electron chi connectivity index (χ4n) is 7.69. The lowest BCUT2D eigenvalue weighted by molar-refractivity contribution is -0.136. The van der Waals surface area contributed by atoms with Gasteiger partial charge in [-0.3, -0.25) is 39.1 Å². The number of phenolic OH excluding ortho intramolecular Hbond substituents is 2. The molecule has 2 saturated heterocycles. The maximum atomic E-state index is 13.4. The van der Waals surface area contributed by atoms with Gasteiger partial charge >= 0.3 is 0 Å². The number of aromatic hydroxyl groups is 2. The fraction of sp³-hybridized carbons (Fsp3) is 0.295. The number of hydrogen-bond donors (Lipinski definition) is 4. The monoisotopic (exact) mass is 771 g/mol. The molecular formula is C44H45N5O8. The van der Waals surface area contributed by atoms with E-state index in [-0.39, 0.29) is 54.3 Å². The number of carbonyl (C=O) groups excluding carboxylic acids is 5. The number of anilines is 1. The minimum atomic E-state index is -1.05. The van der Waals surface area contributed by atoms with Crippen LogP contribution in [0.25, 0.3) is 11.1 Å². The van der Waals surface area contributed by atoms with Gasteiger partial charge in [-0.2, -0.15) is 0 Å². The number of rotatable bonds is 13. The lowest BCUT2D eigenvalue weighted by atomic mass is 9.88.